The monoisotopic (exact) mass is 298 g/mol. The van der Waals surface area contributed by atoms with E-state index in [1.54, 1.807) is 12.4 Å². The zero-order chi connectivity index (χ0) is 13.7. The Morgan fingerprint density at radius 3 is 2.76 bits per heavy atom. The standard InChI is InChI=1S/C15H10N4O.ClH/c1-8-9(12-6-16-7-18-12)2-3-10-13(8)14-11(19-10)4-5-17-15(14)20;/h2-7H,1H3,(H,17,20);1H. The Labute approximate surface area is 125 Å². The molecule has 6 heteroatoms. The van der Waals surface area contributed by atoms with Gasteiger partial charge in [0.2, 0.25) is 0 Å². The third-order valence-electron chi connectivity index (χ3n) is 3.61. The fourth-order valence-electron chi connectivity index (χ4n) is 2.69. The van der Waals surface area contributed by atoms with Gasteiger partial charge < -0.3 is 4.98 Å². The number of aliphatic imine (C=N–C) groups is 2. The molecule has 0 bridgehead atoms. The molecule has 21 heavy (non-hydrogen) atoms. The number of nitrogens with one attached hydrogen (secondary N) is 1. The first-order valence-electron chi connectivity index (χ1n) is 6.26. The van der Waals surface area contributed by atoms with Crippen LogP contribution in [0.4, 0.5) is 5.69 Å². The molecule has 1 N–H and O–H groups in total. The summed E-state index contributed by atoms with van der Waals surface area (Å²) in [7, 11) is 0. The number of halogens is 1. The number of H-pyrrole nitrogens is 1. The van der Waals surface area contributed by atoms with Crippen molar-refractivity contribution in [3.63, 3.8) is 0 Å². The van der Waals surface area contributed by atoms with Crippen molar-refractivity contribution in [2.75, 3.05) is 0 Å². The molecule has 0 radical (unpaired) electrons. The van der Waals surface area contributed by atoms with Crippen LogP contribution in [-0.2, 0) is 0 Å². The number of aromatic amines is 1. The second-order valence-electron chi connectivity index (χ2n) is 4.72. The van der Waals surface area contributed by atoms with E-state index in [0.717, 1.165) is 33.1 Å². The predicted octanol–water partition coefficient (Wildman–Crippen LogP) is 1.26. The van der Waals surface area contributed by atoms with Crippen molar-refractivity contribution in [2.24, 2.45) is 15.0 Å². The Kier molecular flexibility index (Phi) is 3.07. The number of hydrogen-bond acceptors (Lipinski definition) is 4. The third-order valence-corrected chi connectivity index (χ3v) is 3.61. The Bertz CT molecular complexity index is 972. The average Bonchev–Trinajstić information content (AvgIpc) is 3.06. The Morgan fingerprint density at radius 2 is 2.00 bits per heavy atom. The molecule has 2 aliphatic rings. The first-order valence-corrected chi connectivity index (χ1v) is 6.26. The smallest absolute Gasteiger partial charge is 0.258 e. The van der Waals surface area contributed by atoms with Crippen molar-refractivity contribution in [1.29, 1.82) is 0 Å². The van der Waals surface area contributed by atoms with Gasteiger partial charge in [-0.2, -0.15) is 0 Å². The maximum atomic E-state index is 12.1. The molecule has 2 aliphatic heterocycles. The zero-order valence-corrected chi connectivity index (χ0v) is 11.9. The SMILES string of the molecule is Cc1c2c(ccc1=C1C=NC=N1)=Nc1cc[nH]c(=O)c1-2.Cl. The Balaban J connectivity index is 0.00000132. The number of pyridine rings is 1. The fourth-order valence-corrected chi connectivity index (χ4v) is 2.69. The van der Waals surface area contributed by atoms with Crippen LogP contribution in [0.15, 0.2) is 44.2 Å². The van der Waals surface area contributed by atoms with Crippen molar-refractivity contribution in [3.8, 4) is 11.1 Å². The van der Waals surface area contributed by atoms with Gasteiger partial charge in [0.1, 0.15) is 6.34 Å². The number of nitrogens with zero attached hydrogens (tertiary/aromatic N) is 3. The Morgan fingerprint density at radius 1 is 1.14 bits per heavy atom. The summed E-state index contributed by atoms with van der Waals surface area (Å²) in [5.74, 6) is 0. The maximum Gasteiger partial charge on any atom is 0.258 e. The molecule has 0 saturated carbocycles. The summed E-state index contributed by atoms with van der Waals surface area (Å²) in [4.78, 5) is 27.5. The highest BCUT2D eigenvalue weighted by atomic mass is 35.5. The van der Waals surface area contributed by atoms with Crippen LogP contribution in [0.25, 0.3) is 16.8 Å². The van der Waals surface area contributed by atoms with Crippen LogP contribution in [-0.4, -0.2) is 17.5 Å². The van der Waals surface area contributed by atoms with Gasteiger partial charge in [0.05, 0.1) is 28.5 Å². The van der Waals surface area contributed by atoms with E-state index in [-0.39, 0.29) is 18.0 Å². The van der Waals surface area contributed by atoms with Gasteiger partial charge in [-0.05, 0) is 24.6 Å². The highest BCUT2D eigenvalue weighted by Gasteiger charge is 2.20. The third kappa shape index (κ3) is 1.86. The molecule has 2 aromatic rings. The van der Waals surface area contributed by atoms with Crippen molar-refractivity contribution in [1.82, 2.24) is 4.98 Å². The van der Waals surface area contributed by atoms with Crippen LogP contribution < -0.4 is 16.1 Å². The van der Waals surface area contributed by atoms with E-state index in [4.69, 9.17) is 0 Å². The van der Waals surface area contributed by atoms with Crippen molar-refractivity contribution < 1.29 is 0 Å². The number of fused-ring (bicyclic) bond motifs is 3. The molecule has 0 fully saturated rings. The molecule has 3 heterocycles. The lowest BCUT2D eigenvalue weighted by atomic mass is 9.99. The summed E-state index contributed by atoms with van der Waals surface area (Å²) in [6.07, 6.45) is 4.86. The summed E-state index contributed by atoms with van der Waals surface area (Å²) in [5, 5.41) is 1.81. The Hall–Kier alpha value is -2.53. The van der Waals surface area contributed by atoms with Crippen LogP contribution in [0.3, 0.4) is 0 Å². The van der Waals surface area contributed by atoms with Crippen molar-refractivity contribution in [3.05, 3.63) is 50.9 Å². The summed E-state index contributed by atoms with van der Waals surface area (Å²) in [6.45, 7) is 1.99. The number of hydrogen-bond donors (Lipinski definition) is 1. The van der Waals surface area contributed by atoms with Crippen LogP contribution >= 0.6 is 12.4 Å². The van der Waals surface area contributed by atoms with E-state index >= 15 is 0 Å². The molecule has 0 atom stereocenters. The summed E-state index contributed by atoms with van der Waals surface area (Å²) < 4.78 is 0. The van der Waals surface area contributed by atoms with E-state index in [1.807, 2.05) is 25.1 Å². The van der Waals surface area contributed by atoms with Gasteiger partial charge >= 0.3 is 0 Å². The van der Waals surface area contributed by atoms with Gasteiger partial charge in [-0.25, -0.2) is 15.0 Å². The largest absolute Gasteiger partial charge is 0.328 e. The molecule has 104 valence electrons. The lowest BCUT2D eigenvalue weighted by molar-refractivity contribution is 1.24. The first-order chi connectivity index (χ1) is 9.75. The van der Waals surface area contributed by atoms with Gasteiger partial charge in [0.15, 0.2) is 0 Å². The molecule has 0 spiro atoms. The maximum absolute atomic E-state index is 12.1. The highest BCUT2D eigenvalue weighted by Crippen LogP contribution is 2.29. The highest BCUT2D eigenvalue weighted by molar-refractivity contribution is 6.10. The zero-order valence-electron chi connectivity index (χ0n) is 11.1. The fraction of sp³-hybridized carbons (Fsp3) is 0.0667. The lowest BCUT2D eigenvalue weighted by Gasteiger charge is -2.03. The van der Waals surface area contributed by atoms with E-state index in [2.05, 4.69) is 20.0 Å². The molecule has 0 aliphatic carbocycles. The molecular weight excluding hydrogens is 288 g/mol. The second kappa shape index (κ2) is 4.79. The molecular formula is C15H11ClN4O. The van der Waals surface area contributed by atoms with Crippen molar-refractivity contribution in [2.45, 2.75) is 6.92 Å². The van der Waals surface area contributed by atoms with Gasteiger partial charge in [-0.15, -0.1) is 12.4 Å². The number of rotatable bonds is 0. The van der Waals surface area contributed by atoms with Gasteiger partial charge in [0.25, 0.3) is 5.56 Å². The summed E-state index contributed by atoms with van der Waals surface area (Å²) in [6, 6.07) is 5.71. The van der Waals surface area contributed by atoms with Crippen LogP contribution in [0.2, 0.25) is 0 Å². The van der Waals surface area contributed by atoms with Gasteiger partial charge in [0, 0.05) is 17.0 Å². The number of benzene rings is 1. The molecule has 0 amide bonds. The second-order valence-corrected chi connectivity index (χ2v) is 4.72. The molecule has 4 rings (SSSR count). The van der Waals surface area contributed by atoms with E-state index in [9.17, 15) is 4.79 Å². The lowest BCUT2D eigenvalue weighted by Crippen LogP contribution is -2.19. The quantitative estimate of drug-likeness (QED) is 0.667. The van der Waals surface area contributed by atoms with Gasteiger partial charge in [-0.3, -0.25) is 4.79 Å². The van der Waals surface area contributed by atoms with Crippen LogP contribution in [0.1, 0.15) is 5.56 Å². The van der Waals surface area contributed by atoms with Crippen LogP contribution in [0, 0.1) is 6.92 Å². The van der Waals surface area contributed by atoms with Crippen LogP contribution in [0.5, 0.6) is 0 Å². The van der Waals surface area contributed by atoms with Gasteiger partial charge in [-0.1, -0.05) is 6.07 Å². The molecule has 1 aromatic heterocycles. The molecule has 0 saturated heterocycles. The van der Waals surface area contributed by atoms with E-state index < -0.39 is 0 Å². The normalized spacial score (nSPS) is 16.2. The number of aromatic nitrogens is 1. The summed E-state index contributed by atoms with van der Waals surface area (Å²) >= 11 is 0. The minimum atomic E-state index is -0.112. The average molecular weight is 299 g/mol. The minimum absolute atomic E-state index is 0. The molecule has 1 aromatic carbocycles. The topological polar surface area (TPSA) is 69.9 Å². The first kappa shape index (κ1) is 13.5. The molecule has 5 nitrogen and oxygen atoms in total. The molecule has 0 unspecified atom stereocenters. The van der Waals surface area contributed by atoms with E-state index in [1.165, 1.54) is 6.34 Å². The van der Waals surface area contributed by atoms with Crippen molar-refractivity contribution >= 4 is 36.3 Å². The van der Waals surface area contributed by atoms with E-state index in [0.29, 0.717) is 5.56 Å². The predicted molar refractivity (Wildman–Crippen MR) is 85.3 cm³/mol. The summed E-state index contributed by atoms with van der Waals surface area (Å²) in [5.41, 5.74) is 3.95. The minimum Gasteiger partial charge on any atom is -0.328 e.